The Kier molecular flexibility index (Phi) is 6.33. The van der Waals surface area contributed by atoms with E-state index in [1.165, 1.54) is 11.8 Å². The molecular weight excluding hydrogens is 390 g/mol. The fraction of sp³-hybridized carbons (Fsp3) is 0.333. The van der Waals surface area contributed by atoms with E-state index in [0.717, 1.165) is 40.2 Å². The summed E-state index contributed by atoms with van der Waals surface area (Å²) in [5.74, 6) is 2.80. The molecule has 0 fully saturated rings. The molecule has 7 nitrogen and oxygen atoms in total. The lowest BCUT2D eigenvalue weighted by molar-refractivity contribution is 0.0397. The average molecular weight is 413 g/mol. The van der Waals surface area contributed by atoms with Crippen LogP contribution in [0.1, 0.15) is 12.5 Å². The molecule has 1 N–H and O–H groups in total. The van der Waals surface area contributed by atoms with Gasteiger partial charge in [-0.3, -0.25) is 0 Å². The molecule has 1 aromatic heterocycles. The van der Waals surface area contributed by atoms with Gasteiger partial charge in [0.05, 0.1) is 19.3 Å². The number of hydrogen-bond donors (Lipinski definition) is 1. The molecule has 152 valence electrons. The molecule has 0 saturated carbocycles. The fourth-order valence-electron chi connectivity index (χ4n) is 3.04. The minimum Gasteiger partial charge on any atom is -0.454 e. The normalized spacial score (nSPS) is 13.6. The molecule has 1 aliphatic heterocycles. The summed E-state index contributed by atoms with van der Waals surface area (Å²) in [6, 6.07) is 15.7. The Labute approximate surface area is 173 Å². The Morgan fingerprint density at radius 1 is 1.14 bits per heavy atom. The van der Waals surface area contributed by atoms with E-state index in [2.05, 4.69) is 21.7 Å². The van der Waals surface area contributed by atoms with Crippen LogP contribution < -0.4 is 9.47 Å². The Balaban J connectivity index is 1.27. The van der Waals surface area contributed by atoms with Crippen LogP contribution in [0.25, 0.3) is 11.4 Å². The summed E-state index contributed by atoms with van der Waals surface area (Å²) in [6.45, 7) is 3.72. The van der Waals surface area contributed by atoms with Crippen molar-refractivity contribution in [3.05, 3.63) is 54.1 Å². The zero-order valence-corrected chi connectivity index (χ0v) is 17.0. The van der Waals surface area contributed by atoms with Crippen LogP contribution in [0, 0.1) is 0 Å². The number of hydrogen-bond acceptors (Lipinski definition) is 7. The van der Waals surface area contributed by atoms with Gasteiger partial charge in [0.15, 0.2) is 22.5 Å². The van der Waals surface area contributed by atoms with Crippen LogP contribution in [-0.2, 0) is 17.9 Å². The van der Waals surface area contributed by atoms with Gasteiger partial charge < -0.3 is 23.9 Å². The van der Waals surface area contributed by atoms with Crippen LogP contribution in [0.4, 0.5) is 0 Å². The molecule has 2 heterocycles. The first-order chi connectivity index (χ1) is 14.2. The van der Waals surface area contributed by atoms with Gasteiger partial charge in [0, 0.05) is 17.9 Å². The largest absolute Gasteiger partial charge is 0.454 e. The van der Waals surface area contributed by atoms with Crippen molar-refractivity contribution < 1.29 is 19.3 Å². The molecule has 1 aliphatic rings. The standard InChI is InChI=1S/C21H23N3O4S/c1-2-24-20(16-6-4-3-5-7-16)22-23-21(24)29-13-17(25)12-26-11-15-8-9-18-19(10-15)28-14-27-18/h3-10,17,25H,2,11-14H2,1H3/t17-/m0/s1. The Bertz CT molecular complexity index is 948. The van der Waals surface area contributed by atoms with Gasteiger partial charge in [0.2, 0.25) is 6.79 Å². The van der Waals surface area contributed by atoms with Crippen molar-refractivity contribution in [3.8, 4) is 22.9 Å². The number of rotatable bonds is 9. The van der Waals surface area contributed by atoms with Gasteiger partial charge in [0.1, 0.15) is 0 Å². The molecule has 1 atom stereocenters. The van der Waals surface area contributed by atoms with E-state index in [0.29, 0.717) is 12.4 Å². The second kappa shape index (κ2) is 9.30. The lowest BCUT2D eigenvalue weighted by Gasteiger charge is -2.12. The van der Waals surface area contributed by atoms with Gasteiger partial charge in [-0.15, -0.1) is 10.2 Å². The molecule has 0 aliphatic carbocycles. The molecule has 8 heteroatoms. The van der Waals surface area contributed by atoms with Crippen LogP contribution in [0.5, 0.6) is 11.5 Å². The van der Waals surface area contributed by atoms with E-state index < -0.39 is 6.10 Å². The highest BCUT2D eigenvalue weighted by molar-refractivity contribution is 7.99. The second-order valence-corrected chi connectivity index (χ2v) is 7.57. The third-order valence-electron chi connectivity index (χ3n) is 4.49. The van der Waals surface area contributed by atoms with Crippen LogP contribution in [-0.4, -0.2) is 45.1 Å². The van der Waals surface area contributed by atoms with E-state index in [1.807, 2.05) is 48.5 Å². The number of aromatic nitrogens is 3. The molecule has 4 rings (SSSR count). The first-order valence-electron chi connectivity index (χ1n) is 9.50. The summed E-state index contributed by atoms with van der Waals surface area (Å²) in [5.41, 5.74) is 2.01. The summed E-state index contributed by atoms with van der Waals surface area (Å²) in [5, 5.41) is 19.7. The molecule has 0 spiro atoms. The first-order valence-corrected chi connectivity index (χ1v) is 10.5. The van der Waals surface area contributed by atoms with Crippen molar-refractivity contribution in [1.29, 1.82) is 0 Å². The molecule has 0 unspecified atom stereocenters. The maximum atomic E-state index is 10.3. The topological polar surface area (TPSA) is 78.6 Å². The third kappa shape index (κ3) is 4.72. The minimum absolute atomic E-state index is 0.243. The van der Waals surface area contributed by atoms with Gasteiger partial charge in [-0.1, -0.05) is 48.2 Å². The minimum atomic E-state index is -0.601. The van der Waals surface area contributed by atoms with E-state index in [9.17, 15) is 5.11 Å². The highest BCUT2D eigenvalue weighted by atomic mass is 32.2. The maximum absolute atomic E-state index is 10.3. The number of fused-ring (bicyclic) bond motifs is 1. The quantitative estimate of drug-likeness (QED) is 0.539. The SMILES string of the molecule is CCn1c(SC[C@@H](O)COCc2ccc3c(c2)OCO3)nnc1-c1ccccc1. The smallest absolute Gasteiger partial charge is 0.231 e. The van der Waals surface area contributed by atoms with Crippen molar-refractivity contribution >= 4 is 11.8 Å². The molecule has 29 heavy (non-hydrogen) atoms. The van der Waals surface area contributed by atoms with E-state index in [4.69, 9.17) is 14.2 Å². The van der Waals surface area contributed by atoms with E-state index in [1.54, 1.807) is 0 Å². The van der Waals surface area contributed by atoms with Crippen molar-refractivity contribution in [2.24, 2.45) is 0 Å². The summed E-state index contributed by atoms with van der Waals surface area (Å²) in [7, 11) is 0. The number of nitrogens with zero attached hydrogens (tertiary/aromatic N) is 3. The predicted molar refractivity (Wildman–Crippen MR) is 110 cm³/mol. The number of aliphatic hydroxyl groups is 1. The highest BCUT2D eigenvalue weighted by Gasteiger charge is 2.16. The van der Waals surface area contributed by atoms with Gasteiger partial charge in [-0.25, -0.2) is 0 Å². The second-order valence-electron chi connectivity index (χ2n) is 6.58. The number of thioether (sulfide) groups is 1. The van der Waals surface area contributed by atoms with E-state index >= 15 is 0 Å². The predicted octanol–water partition coefficient (Wildman–Crippen LogP) is 3.36. The maximum Gasteiger partial charge on any atom is 0.231 e. The van der Waals surface area contributed by atoms with Crippen LogP contribution >= 0.6 is 11.8 Å². The Hall–Kier alpha value is -2.55. The summed E-state index contributed by atoms with van der Waals surface area (Å²) >= 11 is 1.48. The Morgan fingerprint density at radius 2 is 1.97 bits per heavy atom. The number of aliphatic hydroxyl groups excluding tert-OH is 1. The highest BCUT2D eigenvalue weighted by Crippen LogP contribution is 2.32. The molecular formula is C21H23N3O4S. The number of benzene rings is 2. The monoisotopic (exact) mass is 413 g/mol. The summed E-state index contributed by atoms with van der Waals surface area (Å²) in [6.07, 6.45) is -0.601. The summed E-state index contributed by atoms with van der Waals surface area (Å²) < 4.78 is 18.4. The molecule has 2 aromatic carbocycles. The third-order valence-corrected chi connectivity index (χ3v) is 5.60. The average Bonchev–Trinajstić information content (AvgIpc) is 3.39. The van der Waals surface area contributed by atoms with Crippen molar-refractivity contribution in [3.63, 3.8) is 0 Å². The van der Waals surface area contributed by atoms with Gasteiger partial charge in [0.25, 0.3) is 0 Å². The van der Waals surface area contributed by atoms with E-state index in [-0.39, 0.29) is 13.4 Å². The molecule has 0 saturated heterocycles. The van der Waals surface area contributed by atoms with Crippen molar-refractivity contribution in [2.75, 3.05) is 19.2 Å². The zero-order chi connectivity index (χ0) is 20.1. The van der Waals surface area contributed by atoms with Crippen molar-refractivity contribution in [2.45, 2.75) is 31.3 Å². The van der Waals surface area contributed by atoms with Gasteiger partial charge in [-0.05, 0) is 24.6 Å². The molecule has 0 bridgehead atoms. The first kappa shape index (κ1) is 19.8. The Morgan fingerprint density at radius 3 is 2.79 bits per heavy atom. The lowest BCUT2D eigenvalue weighted by Crippen LogP contribution is -2.18. The van der Waals surface area contributed by atoms with Crippen LogP contribution in [0.15, 0.2) is 53.7 Å². The zero-order valence-electron chi connectivity index (χ0n) is 16.2. The van der Waals surface area contributed by atoms with Gasteiger partial charge >= 0.3 is 0 Å². The molecule has 0 amide bonds. The van der Waals surface area contributed by atoms with Gasteiger partial charge in [-0.2, -0.15) is 0 Å². The summed E-state index contributed by atoms with van der Waals surface area (Å²) in [4.78, 5) is 0. The van der Waals surface area contributed by atoms with Crippen molar-refractivity contribution in [1.82, 2.24) is 14.8 Å². The van der Waals surface area contributed by atoms with Crippen LogP contribution in [0.2, 0.25) is 0 Å². The lowest BCUT2D eigenvalue weighted by atomic mass is 10.2. The fourth-order valence-corrected chi connectivity index (χ4v) is 3.95. The van der Waals surface area contributed by atoms with Crippen LogP contribution in [0.3, 0.4) is 0 Å². The molecule has 0 radical (unpaired) electrons. The molecule has 3 aromatic rings. The number of ether oxygens (including phenoxy) is 3.